The van der Waals surface area contributed by atoms with E-state index in [-0.39, 0.29) is 41.1 Å². The van der Waals surface area contributed by atoms with Gasteiger partial charge in [0, 0.05) is 10.8 Å². The second kappa shape index (κ2) is 15.7. The number of benzene rings is 3. The summed E-state index contributed by atoms with van der Waals surface area (Å²) in [5.74, 6) is 0.522. The van der Waals surface area contributed by atoms with Crippen molar-refractivity contribution in [1.29, 1.82) is 0 Å². The van der Waals surface area contributed by atoms with Gasteiger partial charge in [0.2, 0.25) is 0 Å². The van der Waals surface area contributed by atoms with E-state index in [2.05, 4.69) is 180 Å². The SMILES string of the molecule is CC(C)(C)c1ccc([CH]=[Zr+2])cc1.CC1=CC(C)(C)c2cc3[cH-]c4cc5c(cc4c3cc21)C(C)=CC5(C)C.CCC1=[C-]C(C)C=C1C(C)(C)C.[Cl-].[Cl-]. The number of halogens is 2. The van der Waals surface area contributed by atoms with Crippen LogP contribution in [0.25, 0.3) is 32.7 Å². The smallest absolute Gasteiger partial charge is 0.00178 e. The van der Waals surface area contributed by atoms with Crippen LogP contribution in [-0.4, -0.2) is 3.71 Å². The van der Waals surface area contributed by atoms with Gasteiger partial charge in [-0.25, -0.2) is 5.57 Å². The molecule has 0 fully saturated rings. The zero-order valence-electron chi connectivity index (χ0n) is 33.5. The van der Waals surface area contributed by atoms with Crippen LogP contribution in [0.15, 0.2) is 84.0 Å². The molecule has 7 rings (SSSR count). The largest absolute Gasteiger partial charge is 1.00 e. The molecule has 0 aliphatic heterocycles. The van der Waals surface area contributed by atoms with Gasteiger partial charge >= 0.3 is 89.5 Å². The molecule has 0 saturated carbocycles. The number of fused-ring (bicyclic) bond motifs is 5. The topological polar surface area (TPSA) is 0 Å². The summed E-state index contributed by atoms with van der Waals surface area (Å²) in [6, 6.07) is 20.9. The summed E-state index contributed by atoms with van der Waals surface area (Å²) in [6.45, 7) is 31.7. The fourth-order valence-corrected chi connectivity index (χ4v) is 8.51. The number of hydrogen-bond acceptors (Lipinski definition) is 0. The maximum absolute atomic E-state index is 3.48. The maximum Gasteiger partial charge on any atom is 0.00178 e. The van der Waals surface area contributed by atoms with Crippen LogP contribution < -0.4 is 24.8 Å². The predicted molar refractivity (Wildman–Crippen MR) is 214 cm³/mol. The van der Waals surface area contributed by atoms with Crippen LogP contribution in [0.2, 0.25) is 0 Å². The Morgan fingerprint density at radius 2 is 1.20 bits per heavy atom. The Hall–Kier alpha value is -2.18. The van der Waals surface area contributed by atoms with E-state index in [1.54, 1.807) is 0 Å². The predicted octanol–water partition coefficient (Wildman–Crippen LogP) is 7.54. The van der Waals surface area contributed by atoms with Gasteiger partial charge in [0.05, 0.1) is 0 Å². The maximum atomic E-state index is 3.48. The third kappa shape index (κ3) is 8.97. The molecule has 0 N–H and O–H groups in total. The summed E-state index contributed by atoms with van der Waals surface area (Å²) >= 11 is 1.46. The van der Waals surface area contributed by atoms with E-state index in [4.69, 9.17) is 0 Å². The number of allylic oxidation sites excluding steroid dienone is 8. The Morgan fingerprint density at radius 1 is 0.745 bits per heavy atom. The van der Waals surface area contributed by atoms with Gasteiger partial charge in [-0.2, -0.15) is 11.6 Å². The fraction of sp³-hybridized carbons (Fsp3) is 0.417. The minimum absolute atomic E-state index is 0. The van der Waals surface area contributed by atoms with Crippen LogP contribution in [0.1, 0.15) is 137 Å². The normalized spacial score (nSPS) is 18.1. The zero-order chi connectivity index (χ0) is 36.3. The Labute approximate surface area is 337 Å². The first-order chi connectivity index (χ1) is 22.7. The van der Waals surface area contributed by atoms with Crippen LogP contribution in [0.5, 0.6) is 0 Å². The minimum atomic E-state index is 0. The van der Waals surface area contributed by atoms with E-state index in [0.717, 1.165) is 6.42 Å². The van der Waals surface area contributed by atoms with Gasteiger partial charge in [-0.15, -0.1) is 39.7 Å². The fourth-order valence-electron chi connectivity index (χ4n) is 8.04. The third-order valence-corrected chi connectivity index (χ3v) is 11.4. The summed E-state index contributed by atoms with van der Waals surface area (Å²) in [7, 11) is 0. The quantitative estimate of drug-likeness (QED) is 0.184. The molecule has 0 heterocycles. The van der Waals surface area contributed by atoms with Gasteiger partial charge in [0.25, 0.3) is 0 Å². The summed E-state index contributed by atoms with van der Waals surface area (Å²) in [5.41, 5.74) is 15.1. The summed E-state index contributed by atoms with van der Waals surface area (Å²) in [4.78, 5) is 0. The van der Waals surface area contributed by atoms with E-state index in [1.807, 2.05) is 0 Å². The molecule has 0 nitrogen and oxygen atoms in total. The van der Waals surface area contributed by atoms with E-state index in [0.29, 0.717) is 11.3 Å². The van der Waals surface area contributed by atoms with Crippen molar-refractivity contribution in [2.24, 2.45) is 11.3 Å². The van der Waals surface area contributed by atoms with Crippen molar-refractivity contribution in [3.63, 3.8) is 0 Å². The molecule has 0 bridgehead atoms. The van der Waals surface area contributed by atoms with E-state index in [9.17, 15) is 0 Å². The van der Waals surface area contributed by atoms with Crippen LogP contribution >= 0.6 is 0 Å². The molecule has 0 aromatic heterocycles. The van der Waals surface area contributed by atoms with Crippen molar-refractivity contribution < 1.29 is 49.0 Å². The van der Waals surface area contributed by atoms with Crippen molar-refractivity contribution in [1.82, 2.24) is 0 Å². The molecule has 1 unspecified atom stereocenters. The van der Waals surface area contributed by atoms with Gasteiger partial charge in [0.15, 0.2) is 0 Å². The first-order valence-corrected chi connectivity index (χ1v) is 19.7. The average molecular weight is 797 g/mol. The van der Waals surface area contributed by atoms with E-state index >= 15 is 0 Å². The Kier molecular flexibility index (Phi) is 13.3. The van der Waals surface area contributed by atoms with Crippen molar-refractivity contribution in [2.45, 2.75) is 120 Å². The molecule has 4 aromatic carbocycles. The van der Waals surface area contributed by atoms with Crippen LogP contribution in [-0.2, 0) is 40.5 Å². The second-order valence-corrected chi connectivity index (χ2v) is 18.5. The Bertz CT molecular complexity index is 1950. The van der Waals surface area contributed by atoms with Crippen molar-refractivity contribution in [2.75, 3.05) is 0 Å². The molecule has 3 aliphatic rings. The van der Waals surface area contributed by atoms with Crippen LogP contribution in [0.3, 0.4) is 0 Å². The zero-order valence-corrected chi connectivity index (χ0v) is 37.5. The van der Waals surface area contributed by atoms with Crippen LogP contribution in [0, 0.1) is 17.4 Å². The molecular formula is C48H58Cl2Zr-2. The molecule has 270 valence electrons. The van der Waals surface area contributed by atoms with Crippen molar-refractivity contribution in [3.05, 3.63) is 123 Å². The molecular weight excluding hydrogens is 739 g/mol. The van der Waals surface area contributed by atoms with Crippen molar-refractivity contribution in [3.8, 4) is 0 Å². The van der Waals surface area contributed by atoms with Crippen molar-refractivity contribution >= 4 is 36.4 Å². The Balaban J connectivity index is 0.000000229. The van der Waals surface area contributed by atoms with E-state index in [1.165, 1.54) is 101 Å². The molecule has 0 radical (unpaired) electrons. The van der Waals surface area contributed by atoms with E-state index < -0.39 is 0 Å². The molecule has 0 saturated heterocycles. The number of hydrogen-bond donors (Lipinski definition) is 0. The molecule has 1 atom stereocenters. The summed E-state index contributed by atoms with van der Waals surface area (Å²) in [6.07, 6.45) is 11.8. The molecule has 3 heteroatoms. The molecule has 51 heavy (non-hydrogen) atoms. The average Bonchev–Trinajstić information content (AvgIpc) is 3.70. The monoisotopic (exact) mass is 794 g/mol. The molecule has 0 amide bonds. The van der Waals surface area contributed by atoms with Gasteiger partial charge in [-0.3, -0.25) is 6.08 Å². The van der Waals surface area contributed by atoms with Gasteiger partial charge in [-0.05, 0) is 36.1 Å². The van der Waals surface area contributed by atoms with Gasteiger partial charge < -0.3 is 24.8 Å². The Morgan fingerprint density at radius 3 is 1.55 bits per heavy atom. The summed E-state index contributed by atoms with van der Waals surface area (Å²) < 4.78 is 2.21. The van der Waals surface area contributed by atoms with Gasteiger partial charge in [0.1, 0.15) is 0 Å². The molecule has 0 spiro atoms. The van der Waals surface area contributed by atoms with Crippen LogP contribution in [0.4, 0.5) is 0 Å². The first-order valence-electron chi connectivity index (χ1n) is 18.2. The second-order valence-electron chi connectivity index (χ2n) is 17.8. The minimum Gasteiger partial charge on any atom is -1.00 e. The standard InChI is InChI=1S/C25H25.C12H19.C11H14.2ClH.Zr/c1-14-12-24(3,4)22-8-16-7-17-9-23-19(15(2)13-25(23,5)6)11-21(17)20(16)10-18(14)22;1-6-10-7-9(2)8-11(10)12(3,4)5;1-9-5-7-10(8-6-9)11(2,3)4;;;/h7-13H,1-6H3;8-9H,6H2,1-5H3;1,5-8H,2-4H3;2*1H;/q2*-1;;;;+2/p-2. The summed E-state index contributed by atoms with van der Waals surface area (Å²) in [5, 5.41) is 5.57. The first kappa shape index (κ1) is 43.2. The molecule has 3 aliphatic carbocycles. The number of rotatable bonds is 2. The molecule has 4 aromatic rings. The third-order valence-electron chi connectivity index (χ3n) is 10.6. The van der Waals surface area contributed by atoms with Gasteiger partial charge in [-0.1, -0.05) is 115 Å².